The van der Waals surface area contributed by atoms with Crippen molar-refractivity contribution in [1.29, 1.82) is 0 Å². The van der Waals surface area contributed by atoms with E-state index in [-0.39, 0.29) is 11.3 Å². The van der Waals surface area contributed by atoms with Crippen LogP contribution in [-0.4, -0.2) is 23.1 Å². The van der Waals surface area contributed by atoms with E-state index in [4.69, 9.17) is 21.4 Å². The van der Waals surface area contributed by atoms with E-state index in [1.165, 1.54) is 11.8 Å². The smallest absolute Gasteiger partial charge is 0.275 e. The zero-order valence-corrected chi connectivity index (χ0v) is 17.6. The van der Waals surface area contributed by atoms with Gasteiger partial charge >= 0.3 is 0 Å². The zero-order chi connectivity index (χ0) is 20.4. The summed E-state index contributed by atoms with van der Waals surface area (Å²) in [6.45, 7) is 1.97. The highest BCUT2D eigenvalue weighted by molar-refractivity contribution is 8.14. The van der Waals surface area contributed by atoms with Crippen LogP contribution in [0.4, 0.5) is 0 Å². The quantitative estimate of drug-likeness (QED) is 0.525. The second-order valence-electron chi connectivity index (χ2n) is 6.64. The lowest BCUT2D eigenvalue weighted by molar-refractivity contribution is 0.0748. The highest BCUT2D eigenvalue weighted by Crippen LogP contribution is 2.45. The molecule has 0 saturated heterocycles. The van der Waals surface area contributed by atoms with Crippen LogP contribution in [0, 0.1) is 6.92 Å². The Bertz CT molecular complexity index is 1080. The minimum Gasteiger partial charge on any atom is -0.496 e. The number of rotatable bonds is 4. The van der Waals surface area contributed by atoms with E-state index < -0.39 is 0 Å². The van der Waals surface area contributed by atoms with Crippen LogP contribution in [0.15, 0.2) is 77.9 Å². The molecule has 1 heterocycles. The number of benzene rings is 3. The molecule has 0 aromatic heterocycles. The topological polar surface area (TPSA) is 41.9 Å². The molecule has 146 valence electrons. The van der Waals surface area contributed by atoms with Crippen molar-refractivity contribution < 1.29 is 9.53 Å². The molecule has 4 nitrogen and oxygen atoms in total. The van der Waals surface area contributed by atoms with Crippen LogP contribution < -0.4 is 4.74 Å². The van der Waals surface area contributed by atoms with Crippen molar-refractivity contribution in [3.63, 3.8) is 0 Å². The Kier molecular flexibility index (Phi) is 5.60. The van der Waals surface area contributed by atoms with Gasteiger partial charge in [-0.25, -0.2) is 5.01 Å². The summed E-state index contributed by atoms with van der Waals surface area (Å²) in [5, 5.41) is 7.33. The first-order chi connectivity index (χ1) is 14.1. The summed E-state index contributed by atoms with van der Waals surface area (Å²) in [5.41, 5.74) is 3.44. The van der Waals surface area contributed by atoms with Crippen molar-refractivity contribution in [2.75, 3.05) is 7.11 Å². The lowest BCUT2D eigenvalue weighted by Crippen LogP contribution is -2.26. The van der Waals surface area contributed by atoms with Gasteiger partial charge in [0.1, 0.15) is 16.2 Å². The van der Waals surface area contributed by atoms with E-state index in [0.29, 0.717) is 10.6 Å². The second-order valence-corrected chi connectivity index (χ2v) is 8.15. The third kappa shape index (κ3) is 4.02. The molecule has 1 amide bonds. The number of thioether (sulfide) groups is 1. The van der Waals surface area contributed by atoms with E-state index >= 15 is 0 Å². The molecule has 0 aliphatic carbocycles. The van der Waals surface area contributed by atoms with E-state index in [9.17, 15) is 4.79 Å². The van der Waals surface area contributed by atoms with Gasteiger partial charge in [-0.1, -0.05) is 71.4 Å². The summed E-state index contributed by atoms with van der Waals surface area (Å²) >= 11 is 7.55. The van der Waals surface area contributed by atoms with Gasteiger partial charge in [-0.3, -0.25) is 4.79 Å². The van der Waals surface area contributed by atoms with Crippen LogP contribution in [0.2, 0.25) is 5.02 Å². The van der Waals surface area contributed by atoms with E-state index in [0.717, 1.165) is 27.5 Å². The monoisotopic (exact) mass is 422 g/mol. The van der Waals surface area contributed by atoms with Crippen molar-refractivity contribution in [2.45, 2.75) is 12.3 Å². The van der Waals surface area contributed by atoms with Gasteiger partial charge in [-0.05, 0) is 37.3 Å². The molecule has 0 N–H and O–H groups in total. The maximum absolute atomic E-state index is 13.4. The molecule has 0 saturated carbocycles. The van der Waals surface area contributed by atoms with Gasteiger partial charge in [0.15, 0.2) is 0 Å². The Balaban J connectivity index is 1.77. The number of amides is 1. The SMILES string of the molecule is COc1ccccc1C1SC(c2ccc(Cl)cc2)=NN1C(=O)c1cccc(C)c1. The Morgan fingerprint density at radius 3 is 2.55 bits per heavy atom. The minimum absolute atomic E-state index is 0.152. The number of hydrogen-bond acceptors (Lipinski definition) is 4. The first kappa shape index (κ1) is 19.6. The average molecular weight is 423 g/mol. The molecule has 0 spiro atoms. The Morgan fingerprint density at radius 2 is 1.83 bits per heavy atom. The maximum atomic E-state index is 13.4. The normalized spacial score (nSPS) is 15.9. The lowest BCUT2D eigenvalue weighted by Gasteiger charge is -2.22. The molecule has 0 radical (unpaired) electrons. The lowest BCUT2D eigenvalue weighted by atomic mass is 10.1. The van der Waals surface area contributed by atoms with E-state index in [1.54, 1.807) is 12.1 Å². The molecule has 29 heavy (non-hydrogen) atoms. The van der Waals surface area contributed by atoms with Crippen LogP contribution in [0.1, 0.15) is 32.4 Å². The molecule has 1 unspecified atom stereocenters. The molecule has 1 aliphatic rings. The molecule has 4 rings (SSSR count). The number of hydrazone groups is 1. The molecule has 1 atom stereocenters. The van der Waals surface area contributed by atoms with Gasteiger partial charge in [-0.2, -0.15) is 5.10 Å². The van der Waals surface area contributed by atoms with Gasteiger partial charge in [0.05, 0.1) is 7.11 Å². The zero-order valence-electron chi connectivity index (χ0n) is 16.0. The molecule has 3 aromatic carbocycles. The largest absolute Gasteiger partial charge is 0.496 e. The third-order valence-corrected chi connectivity index (χ3v) is 6.08. The van der Waals surface area contributed by atoms with Gasteiger partial charge in [0, 0.05) is 21.7 Å². The van der Waals surface area contributed by atoms with Gasteiger partial charge in [0.2, 0.25) is 0 Å². The number of methoxy groups -OCH3 is 1. The van der Waals surface area contributed by atoms with Crippen molar-refractivity contribution in [3.8, 4) is 5.75 Å². The molecule has 1 aliphatic heterocycles. The van der Waals surface area contributed by atoms with Gasteiger partial charge < -0.3 is 4.74 Å². The number of aryl methyl sites for hydroxylation is 1. The van der Waals surface area contributed by atoms with Crippen molar-refractivity contribution in [1.82, 2.24) is 5.01 Å². The summed E-state index contributed by atoms with van der Waals surface area (Å²) in [6, 6.07) is 22.7. The molecular weight excluding hydrogens is 404 g/mol. The van der Waals surface area contributed by atoms with E-state index in [1.807, 2.05) is 79.7 Å². The number of ether oxygens (including phenoxy) is 1. The van der Waals surface area contributed by atoms with Gasteiger partial charge in [0.25, 0.3) is 5.91 Å². The Hall–Kier alpha value is -2.76. The molecular formula is C23H19ClN2O2S. The predicted molar refractivity (Wildman–Crippen MR) is 119 cm³/mol. The fraction of sp³-hybridized carbons (Fsp3) is 0.130. The van der Waals surface area contributed by atoms with Crippen LogP contribution in [0.5, 0.6) is 5.75 Å². The predicted octanol–water partition coefficient (Wildman–Crippen LogP) is 5.91. The van der Waals surface area contributed by atoms with Crippen LogP contribution >= 0.6 is 23.4 Å². The molecule has 0 fully saturated rings. The highest BCUT2D eigenvalue weighted by Gasteiger charge is 2.36. The standard InChI is InChI=1S/C23H19ClN2O2S/c1-15-6-5-7-17(14-15)22(27)26-23(19-8-3-4-9-20(19)28-2)29-21(25-26)16-10-12-18(24)13-11-16/h3-14,23H,1-2H3. The Morgan fingerprint density at radius 1 is 1.07 bits per heavy atom. The first-order valence-corrected chi connectivity index (χ1v) is 10.4. The third-order valence-electron chi connectivity index (χ3n) is 4.61. The summed E-state index contributed by atoms with van der Waals surface area (Å²) in [5.74, 6) is 0.570. The minimum atomic E-state index is -0.329. The highest BCUT2D eigenvalue weighted by atomic mass is 35.5. The maximum Gasteiger partial charge on any atom is 0.275 e. The molecule has 6 heteroatoms. The van der Waals surface area contributed by atoms with Crippen molar-refractivity contribution in [2.24, 2.45) is 5.10 Å². The van der Waals surface area contributed by atoms with E-state index in [2.05, 4.69) is 0 Å². The fourth-order valence-electron chi connectivity index (χ4n) is 3.18. The number of hydrogen-bond donors (Lipinski definition) is 0. The van der Waals surface area contributed by atoms with Crippen LogP contribution in [0.3, 0.4) is 0 Å². The summed E-state index contributed by atoms with van der Waals surface area (Å²) in [4.78, 5) is 13.4. The number of carbonyl (C=O) groups is 1. The van der Waals surface area contributed by atoms with Crippen molar-refractivity contribution in [3.05, 3.63) is 100 Å². The number of nitrogens with zero attached hydrogens (tertiary/aromatic N) is 2. The number of carbonyl (C=O) groups excluding carboxylic acids is 1. The van der Waals surface area contributed by atoms with Crippen LogP contribution in [-0.2, 0) is 0 Å². The second kappa shape index (κ2) is 8.31. The summed E-state index contributed by atoms with van der Waals surface area (Å²) in [7, 11) is 1.63. The number of halogens is 1. The molecule has 3 aromatic rings. The fourth-order valence-corrected chi connectivity index (χ4v) is 4.48. The van der Waals surface area contributed by atoms with Crippen LogP contribution in [0.25, 0.3) is 0 Å². The van der Waals surface area contributed by atoms with Crippen molar-refractivity contribution >= 4 is 34.3 Å². The Labute approximate surface area is 179 Å². The average Bonchev–Trinajstić information content (AvgIpc) is 3.19. The van der Waals surface area contributed by atoms with Gasteiger partial charge in [-0.15, -0.1) is 0 Å². The molecule has 0 bridgehead atoms. The summed E-state index contributed by atoms with van der Waals surface area (Å²) in [6.07, 6.45) is 0. The number of para-hydroxylation sites is 1. The first-order valence-electron chi connectivity index (χ1n) is 9.11. The summed E-state index contributed by atoms with van der Waals surface area (Å²) < 4.78 is 5.55.